The van der Waals surface area contributed by atoms with Gasteiger partial charge in [-0.3, -0.25) is 9.48 Å². The van der Waals surface area contributed by atoms with Crippen molar-refractivity contribution in [3.63, 3.8) is 0 Å². The fourth-order valence-electron chi connectivity index (χ4n) is 2.61. The summed E-state index contributed by atoms with van der Waals surface area (Å²) in [6.45, 7) is 2.25. The highest BCUT2D eigenvalue weighted by atomic mass is 19.1. The van der Waals surface area contributed by atoms with Crippen molar-refractivity contribution in [2.45, 2.75) is 0 Å². The Morgan fingerprint density at radius 3 is 2.50 bits per heavy atom. The number of para-hydroxylation sites is 1. The van der Waals surface area contributed by atoms with E-state index in [1.807, 2.05) is 11.0 Å². The molecule has 1 aromatic heterocycles. The van der Waals surface area contributed by atoms with Crippen molar-refractivity contribution in [3.8, 4) is 0 Å². The fraction of sp³-hybridized carbons (Fsp3) is 0.333. The Bertz CT molecular complexity index is 671. The van der Waals surface area contributed by atoms with Crippen LogP contribution in [0.15, 0.2) is 30.3 Å². The molecule has 1 aromatic carbocycles. The first-order valence-corrected chi connectivity index (χ1v) is 7.14. The molecule has 1 aliphatic heterocycles. The van der Waals surface area contributed by atoms with Crippen LogP contribution in [0.4, 0.5) is 15.9 Å². The number of nitrogens with two attached hydrogens (primary N) is 1. The average molecular weight is 303 g/mol. The summed E-state index contributed by atoms with van der Waals surface area (Å²) in [7, 11) is 1.70. The lowest BCUT2D eigenvalue weighted by Crippen LogP contribution is -2.49. The van der Waals surface area contributed by atoms with Crippen molar-refractivity contribution in [3.05, 3.63) is 41.8 Å². The third-order valence-corrected chi connectivity index (χ3v) is 3.90. The van der Waals surface area contributed by atoms with E-state index in [2.05, 4.69) is 5.10 Å². The molecule has 0 spiro atoms. The normalized spacial score (nSPS) is 15.2. The minimum atomic E-state index is -0.236. The second kappa shape index (κ2) is 5.67. The van der Waals surface area contributed by atoms with Crippen LogP contribution in [-0.2, 0) is 7.05 Å². The summed E-state index contributed by atoms with van der Waals surface area (Å²) in [4.78, 5) is 16.0. The third kappa shape index (κ3) is 2.61. The minimum absolute atomic E-state index is 0.138. The van der Waals surface area contributed by atoms with Gasteiger partial charge in [0.15, 0.2) is 5.69 Å². The van der Waals surface area contributed by atoms with Gasteiger partial charge in [-0.1, -0.05) is 12.1 Å². The number of nitrogen functional groups attached to an aromatic ring is 1. The Hall–Kier alpha value is -2.57. The van der Waals surface area contributed by atoms with Crippen LogP contribution in [0.5, 0.6) is 0 Å². The third-order valence-electron chi connectivity index (χ3n) is 3.90. The molecule has 1 amide bonds. The predicted molar refractivity (Wildman–Crippen MR) is 82.1 cm³/mol. The van der Waals surface area contributed by atoms with E-state index in [1.165, 1.54) is 10.7 Å². The van der Waals surface area contributed by atoms with E-state index in [1.54, 1.807) is 30.1 Å². The first kappa shape index (κ1) is 14.4. The summed E-state index contributed by atoms with van der Waals surface area (Å²) in [6, 6.07) is 8.26. The molecule has 0 bridgehead atoms. The van der Waals surface area contributed by atoms with Gasteiger partial charge in [0.25, 0.3) is 5.91 Å². The van der Waals surface area contributed by atoms with Crippen molar-refractivity contribution in [2.75, 3.05) is 36.8 Å². The van der Waals surface area contributed by atoms with Gasteiger partial charge in [0.1, 0.15) is 11.6 Å². The number of amides is 1. The van der Waals surface area contributed by atoms with Crippen LogP contribution in [0.2, 0.25) is 0 Å². The molecule has 1 fully saturated rings. The molecule has 3 rings (SSSR count). The number of hydrogen-bond donors (Lipinski definition) is 1. The van der Waals surface area contributed by atoms with Crippen molar-refractivity contribution in [1.29, 1.82) is 0 Å². The molecular formula is C15H18FN5O. The smallest absolute Gasteiger partial charge is 0.274 e. The van der Waals surface area contributed by atoms with Gasteiger partial charge in [0.05, 0.1) is 5.69 Å². The number of benzene rings is 1. The number of piperazine rings is 1. The van der Waals surface area contributed by atoms with Crippen molar-refractivity contribution >= 4 is 17.4 Å². The van der Waals surface area contributed by atoms with Crippen LogP contribution >= 0.6 is 0 Å². The molecule has 0 saturated carbocycles. The van der Waals surface area contributed by atoms with Gasteiger partial charge in [-0.05, 0) is 12.1 Å². The molecule has 7 heteroatoms. The molecule has 1 saturated heterocycles. The van der Waals surface area contributed by atoms with Gasteiger partial charge in [-0.2, -0.15) is 5.10 Å². The number of halogens is 1. The summed E-state index contributed by atoms with van der Waals surface area (Å²) >= 11 is 0. The van der Waals surface area contributed by atoms with Crippen LogP contribution in [0.1, 0.15) is 10.5 Å². The molecule has 2 heterocycles. The number of anilines is 2. The van der Waals surface area contributed by atoms with Gasteiger partial charge in [0.2, 0.25) is 0 Å². The SMILES string of the molecule is Cn1nc(C(=O)N2CCN(c3ccccc3F)CC2)cc1N. The largest absolute Gasteiger partial charge is 0.384 e. The highest BCUT2D eigenvalue weighted by Gasteiger charge is 2.25. The van der Waals surface area contributed by atoms with Crippen LogP contribution in [0, 0.1) is 5.82 Å². The summed E-state index contributed by atoms with van der Waals surface area (Å²) < 4.78 is 15.3. The molecule has 0 aliphatic carbocycles. The molecule has 2 N–H and O–H groups in total. The first-order chi connectivity index (χ1) is 10.6. The Morgan fingerprint density at radius 1 is 1.23 bits per heavy atom. The topological polar surface area (TPSA) is 67.4 Å². The molecule has 0 radical (unpaired) electrons. The second-order valence-corrected chi connectivity index (χ2v) is 5.31. The van der Waals surface area contributed by atoms with Gasteiger partial charge in [-0.15, -0.1) is 0 Å². The molecule has 6 nitrogen and oxygen atoms in total. The maximum atomic E-state index is 13.8. The molecule has 116 valence electrons. The molecule has 1 aliphatic rings. The van der Waals surface area contributed by atoms with E-state index in [-0.39, 0.29) is 11.7 Å². The Kier molecular flexibility index (Phi) is 3.70. The lowest BCUT2D eigenvalue weighted by Gasteiger charge is -2.35. The summed E-state index contributed by atoms with van der Waals surface area (Å²) in [6.07, 6.45) is 0. The van der Waals surface area contributed by atoms with Crippen molar-refractivity contribution in [1.82, 2.24) is 14.7 Å². The summed E-state index contributed by atoms with van der Waals surface area (Å²) in [5.74, 6) is 0.0774. The zero-order valence-electron chi connectivity index (χ0n) is 12.4. The monoisotopic (exact) mass is 303 g/mol. The Morgan fingerprint density at radius 2 is 1.91 bits per heavy atom. The van der Waals surface area contributed by atoms with Gasteiger partial charge in [0, 0.05) is 39.3 Å². The number of rotatable bonds is 2. The number of carbonyl (C=O) groups is 1. The number of aryl methyl sites for hydroxylation is 1. The quantitative estimate of drug-likeness (QED) is 0.902. The standard InChI is InChI=1S/C15H18FN5O/c1-19-14(17)10-12(18-19)15(22)21-8-6-20(7-9-21)13-5-3-2-4-11(13)16/h2-5,10H,6-9,17H2,1H3. The Labute approximate surface area is 127 Å². The van der Waals surface area contributed by atoms with Gasteiger partial charge >= 0.3 is 0 Å². The summed E-state index contributed by atoms with van der Waals surface area (Å²) in [5, 5.41) is 4.10. The number of aromatic nitrogens is 2. The minimum Gasteiger partial charge on any atom is -0.384 e. The lowest BCUT2D eigenvalue weighted by molar-refractivity contribution is 0.0740. The molecule has 0 unspecified atom stereocenters. The molecule has 2 aromatic rings. The number of nitrogens with zero attached hydrogens (tertiary/aromatic N) is 4. The van der Waals surface area contributed by atoms with Gasteiger partial charge < -0.3 is 15.5 Å². The van der Waals surface area contributed by atoms with E-state index in [0.717, 1.165) is 0 Å². The zero-order chi connectivity index (χ0) is 15.7. The summed E-state index contributed by atoms with van der Waals surface area (Å²) in [5.41, 5.74) is 6.63. The Balaban J connectivity index is 1.67. The van der Waals surface area contributed by atoms with E-state index in [4.69, 9.17) is 5.73 Å². The van der Waals surface area contributed by atoms with E-state index >= 15 is 0 Å². The van der Waals surface area contributed by atoms with Crippen LogP contribution in [-0.4, -0.2) is 46.8 Å². The lowest BCUT2D eigenvalue weighted by atomic mass is 10.2. The highest BCUT2D eigenvalue weighted by Crippen LogP contribution is 2.20. The predicted octanol–water partition coefficient (Wildman–Crippen LogP) is 1.10. The molecule has 0 atom stereocenters. The number of carbonyl (C=O) groups excluding carboxylic acids is 1. The molecule has 22 heavy (non-hydrogen) atoms. The fourth-order valence-corrected chi connectivity index (χ4v) is 2.61. The van der Waals surface area contributed by atoms with Crippen LogP contribution in [0.25, 0.3) is 0 Å². The second-order valence-electron chi connectivity index (χ2n) is 5.31. The van der Waals surface area contributed by atoms with Crippen molar-refractivity contribution < 1.29 is 9.18 Å². The van der Waals surface area contributed by atoms with Crippen LogP contribution in [0.3, 0.4) is 0 Å². The van der Waals surface area contributed by atoms with E-state index in [9.17, 15) is 9.18 Å². The average Bonchev–Trinajstić information content (AvgIpc) is 2.87. The van der Waals surface area contributed by atoms with E-state index in [0.29, 0.717) is 43.4 Å². The maximum absolute atomic E-state index is 13.8. The first-order valence-electron chi connectivity index (χ1n) is 7.14. The van der Waals surface area contributed by atoms with Crippen LogP contribution < -0.4 is 10.6 Å². The maximum Gasteiger partial charge on any atom is 0.274 e. The highest BCUT2D eigenvalue weighted by molar-refractivity contribution is 5.93. The molecular weight excluding hydrogens is 285 g/mol. The van der Waals surface area contributed by atoms with E-state index < -0.39 is 0 Å². The van der Waals surface area contributed by atoms with Gasteiger partial charge in [-0.25, -0.2) is 4.39 Å². The zero-order valence-corrected chi connectivity index (χ0v) is 12.4. The number of hydrogen-bond acceptors (Lipinski definition) is 4. The van der Waals surface area contributed by atoms with Crippen molar-refractivity contribution in [2.24, 2.45) is 7.05 Å².